The van der Waals surface area contributed by atoms with Crippen LogP contribution in [0.15, 0.2) is 28.0 Å². The molecular formula is C16H24N5O8P. The molecule has 1 saturated heterocycles. The second-order valence-electron chi connectivity index (χ2n) is 6.41. The third-order valence-electron chi connectivity index (χ3n) is 4.48. The smallest absolute Gasteiger partial charge is 0.383 e. The molecule has 0 bridgehead atoms. The lowest BCUT2D eigenvalue weighted by Crippen LogP contribution is -2.38. The van der Waals surface area contributed by atoms with E-state index in [-0.39, 0.29) is 25.2 Å². The topological polar surface area (TPSA) is 160 Å². The van der Waals surface area contributed by atoms with Crippen molar-refractivity contribution in [2.75, 3.05) is 20.3 Å². The fourth-order valence-electron chi connectivity index (χ4n) is 3.17. The van der Waals surface area contributed by atoms with Crippen LogP contribution < -0.4 is 16.7 Å². The Bertz CT molecular complexity index is 1010. The number of aliphatic hydroxyl groups excluding tert-OH is 1. The summed E-state index contributed by atoms with van der Waals surface area (Å²) in [5.41, 5.74) is -1.21. The van der Waals surface area contributed by atoms with E-state index >= 15 is 0 Å². The fourth-order valence-corrected chi connectivity index (χ4v) is 4.62. The lowest BCUT2D eigenvalue weighted by Gasteiger charge is -2.19. The van der Waals surface area contributed by atoms with Crippen LogP contribution in [-0.4, -0.2) is 68.3 Å². The van der Waals surface area contributed by atoms with Crippen molar-refractivity contribution >= 4 is 13.0 Å². The van der Waals surface area contributed by atoms with E-state index in [1.165, 1.54) is 30.3 Å². The Kier molecular flexibility index (Phi) is 7.01. The van der Waals surface area contributed by atoms with Crippen molar-refractivity contribution < 1.29 is 28.2 Å². The van der Waals surface area contributed by atoms with Crippen LogP contribution >= 0.6 is 7.60 Å². The average Bonchev–Trinajstić information content (AvgIpc) is 3.28. The van der Waals surface area contributed by atoms with Gasteiger partial charge in [0.05, 0.1) is 26.0 Å². The van der Waals surface area contributed by atoms with Crippen molar-refractivity contribution in [3.8, 4) is 0 Å². The van der Waals surface area contributed by atoms with Crippen LogP contribution in [0.25, 0.3) is 0 Å². The maximum Gasteiger partial charge on any atom is 0.383 e. The maximum absolute atomic E-state index is 12.8. The second kappa shape index (κ2) is 9.33. The number of hydrogen-bond acceptors (Lipinski definition) is 10. The number of ether oxygens (including phenoxy) is 2. The summed E-state index contributed by atoms with van der Waals surface area (Å²) >= 11 is 0. The van der Waals surface area contributed by atoms with Gasteiger partial charge in [-0.1, -0.05) is 5.21 Å². The molecule has 0 aliphatic carbocycles. The number of aromatic amines is 1. The summed E-state index contributed by atoms with van der Waals surface area (Å²) in [6.07, 6.45) is -1.13. The molecule has 2 unspecified atom stereocenters. The lowest BCUT2D eigenvalue weighted by atomic mass is 10.1. The molecule has 0 saturated carbocycles. The number of nitrogens with zero attached hydrogens (tertiary/aromatic N) is 4. The normalized spacial score (nSPS) is 24.4. The Morgan fingerprint density at radius 3 is 2.60 bits per heavy atom. The molecule has 0 spiro atoms. The first-order chi connectivity index (χ1) is 14.3. The Morgan fingerprint density at radius 2 is 2.00 bits per heavy atom. The van der Waals surface area contributed by atoms with E-state index in [4.69, 9.17) is 18.5 Å². The molecule has 3 heterocycles. The standard InChI is InChI=1S/C16H24N5O8P/c1-4-27-30(25,28-5-2)12-9-20(19-18-12)8-10-13(23)14(26-3)15(29-10)21-7-6-11(22)17-16(21)24/h6-7,9-10,13-15,23H,4-5,8H2,1-3H3,(H,17,22,24)/t10-,13?,14?,15-/m1/s1. The van der Waals surface area contributed by atoms with Gasteiger partial charge in [-0.25, -0.2) is 9.48 Å². The molecule has 1 aliphatic rings. The van der Waals surface area contributed by atoms with Crippen molar-refractivity contribution in [2.45, 2.75) is 44.9 Å². The Balaban J connectivity index is 1.80. The molecule has 0 amide bonds. The second-order valence-corrected chi connectivity index (χ2v) is 8.37. The molecule has 2 aromatic heterocycles. The Morgan fingerprint density at radius 1 is 1.30 bits per heavy atom. The lowest BCUT2D eigenvalue weighted by molar-refractivity contribution is -0.0566. The molecule has 2 N–H and O–H groups in total. The molecule has 14 heteroatoms. The Labute approximate surface area is 171 Å². The number of hydrogen-bond donors (Lipinski definition) is 2. The Hall–Kier alpha value is -2.15. The summed E-state index contributed by atoms with van der Waals surface area (Å²) in [6.45, 7) is 3.73. The fraction of sp³-hybridized carbons (Fsp3) is 0.625. The van der Waals surface area contributed by atoms with Crippen LogP contribution in [0.3, 0.4) is 0 Å². The summed E-state index contributed by atoms with van der Waals surface area (Å²) in [6, 6.07) is 1.17. The van der Waals surface area contributed by atoms with Crippen LogP contribution in [0.4, 0.5) is 0 Å². The third-order valence-corrected chi connectivity index (χ3v) is 6.44. The minimum atomic E-state index is -3.60. The number of methoxy groups -OCH3 is 1. The highest BCUT2D eigenvalue weighted by Gasteiger charge is 2.46. The van der Waals surface area contributed by atoms with Gasteiger partial charge in [-0.3, -0.25) is 18.9 Å². The van der Waals surface area contributed by atoms with Gasteiger partial charge in [-0.05, 0) is 13.8 Å². The quantitative estimate of drug-likeness (QED) is 0.458. The van der Waals surface area contributed by atoms with Gasteiger partial charge in [0.2, 0.25) is 0 Å². The number of nitrogens with one attached hydrogen (secondary N) is 1. The maximum atomic E-state index is 12.8. The number of aliphatic hydroxyl groups is 1. The molecule has 3 rings (SSSR count). The SMILES string of the molecule is CCOP(=O)(OCC)c1cn(C[C@H]2O[C@@H](n3ccc(=O)[nH]c3=O)C(OC)C2O)nn1. The average molecular weight is 445 g/mol. The van der Waals surface area contributed by atoms with E-state index in [0.717, 1.165) is 4.57 Å². The zero-order valence-electron chi connectivity index (χ0n) is 16.7. The number of rotatable bonds is 9. The molecule has 0 radical (unpaired) electrons. The van der Waals surface area contributed by atoms with Gasteiger partial charge in [-0.15, -0.1) is 5.10 Å². The summed E-state index contributed by atoms with van der Waals surface area (Å²) < 4.78 is 36.9. The first kappa shape index (κ1) is 22.5. The third kappa shape index (κ3) is 4.46. The molecule has 0 aromatic carbocycles. The summed E-state index contributed by atoms with van der Waals surface area (Å²) in [4.78, 5) is 25.5. The van der Waals surface area contributed by atoms with E-state index in [1.807, 2.05) is 0 Å². The van der Waals surface area contributed by atoms with Crippen molar-refractivity contribution in [1.82, 2.24) is 24.5 Å². The van der Waals surface area contributed by atoms with Gasteiger partial charge < -0.3 is 23.6 Å². The molecule has 1 fully saturated rings. The van der Waals surface area contributed by atoms with Gasteiger partial charge in [-0.2, -0.15) is 0 Å². The molecule has 2 aromatic rings. The van der Waals surface area contributed by atoms with Gasteiger partial charge in [0, 0.05) is 19.4 Å². The first-order valence-electron chi connectivity index (χ1n) is 9.30. The number of H-pyrrole nitrogens is 1. The van der Waals surface area contributed by atoms with Crippen LogP contribution in [0.1, 0.15) is 20.1 Å². The predicted octanol–water partition coefficient (Wildman–Crippen LogP) is -1.01. The highest BCUT2D eigenvalue weighted by molar-refractivity contribution is 7.61. The van der Waals surface area contributed by atoms with Gasteiger partial charge >= 0.3 is 13.3 Å². The van der Waals surface area contributed by atoms with E-state index < -0.39 is 43.4 Å². The van der Waals surface area contributed by atoms with Crippen molar-refractivity contribution in [3.63, 3.8) is 0 Å². The zero-order valence-corrected chi connectivity index (χ0v) is 17.6. The zero-order chi connectivity index (χ0) is 21.9. The van der Waals surface area contributed by atoms with E-state index in [0.29, 0.717) is 0 Å². The molecule has 4 atom stereocenters. The molecule has 30 heavy (non-hydrogen) atoms. The van der Waals surface area contributed by atoms with Crippen LogP contribution in [0, 0.1) is 0 Å². The van der Waals surface area contributed by atoms with Crippen molar-refractivity contribution in [1.29, 1.82) is 0 Å². The largest absolute Gasteiger partial charge is 0.387 e. The minimum absolute atomic E-state index is 0.0287. The van der Waals surface area contributed by atoms with Crippen molar-refractivity contribution in [2.24, 2.45) is 0 Å². The summed E-state index contributed by atoms with van der Waals surface area (Å²) in [5.74, 6) is 0. The van der Waals surface area contributed by atoms with Crippen molar-refractivity contribution in [3.05, 3.63) is 39.3 Å². The summed E-state index contributed by atoms with van der Waals surface area (Å²) in [7, 11) is -2.23. The summed E-state index contributed by atoms with van der Waals surface area (Å²) in [5, 5.41) is 18.4. The molecule has 13 nitrogen and oxygen atoms in total. The van der Waals surface area contributed by atoms with Crippen LogP contribution in [0.2, 0.25) is 0 Å². The molecule has 1 aliphatic heterocycles. The first-order valence-corrected chi connectivity index (χ1v) is 10.8. The van der Waals surface area contributed by atoms with Gasteiger partial charge in [0.1, 0.15) is 18.3 Å². The van der Waals surface area contributed by atoms with Gasteiger partial charge in [0.25, 0.3) is 5.56 Å². The van der Waals surface area contributed by atoms with Crippen LogP contribution in [-0.2, 0) is 29.6 Å². The van der Waals surface area contributed by atoms with Crippen LogP contribution in [0.5, 0.6) is 0 Å². The molecular weight excluding hydrogens is 421 g/mol. The monoisotopic (exact) mass is 445 g/mol. The highest BCUT2D eigenvalue weighted by atomic mass is 31.2. The minimum Gasteiger partial charge on any atom is -0.387 e. The predicted molar refractivity (Wildman–Crippen MR) is 103 cm³/mol. The van der Waals surface area contributed by atoms with E-state index in [9.17, 15) is 19.3 Å². The van der Waals surface area contributed by atoms with E-state index in [2.05, 4.69) is 15.3 Å². The number of aromatic nitrogens is 5. The van der Waals surface area contributed by atoms with E-state index in [1.54, 1.807) is 13.8 Å². The molecule has 166 valence electrons. The van der Waals surface area contributed by atoms with Gasteiger partial charge in [0.15, 0.2) is 11.7 Å². The highest BCUT2D eigenvalue weighted by Crippen LogP contribution is 2.45.